The molecule has 0 aromatic heterocycles. The number of carbonyl (C=O) groups is 1. The summed E-state index contributed by atoms with van der Waals surface area (Å²) in [5, 5.41) is 4.10. The standard InChI is InChI=1S/C14H27N3O2S/c1-4-12-11-17(9-10-20-12)14(15-2)16-8-6-5-7-13(18)19-3/h12H,4-11H2,1-3H3,(H,15,16). The number of thioether (sulfide) groups is 1. The highest BCUT2D eigenvalue weighted by molar-refractivity contribution is 8.00. The summed E-state index contributed by atoms with van der Waals surface area (Å²) in [5.41, 5.74) is 0. The van der Waals surface area contributed by atoms with Gasteiger partial charge in [0.25, 0.3) is 0 Å². The first-order valence-electron chi connectivity index (χ1n) is 7.35. The Morgan fingerprint density at radius 3 is 2.95 bits per heavy atom. The molecule has 5 nitrogen and oxygen atoms in total. The van der Waals surface area contributed by atoms with Crippen LogP contribution in [0, 0.1) is 0 Å². The molecule has 0 amide bonds. The molecule has 1 aliphatic rings. The second-order valence-corrected chi connectivity index (χ2v) is 6.26. The molecule has 1 saturated heterocycles. The molecule has 1 atom stereocenters. The number of unbranched alkanes of at least 4 members (excludes halogenated alkanes) is 1. The predicted octanol–water partition coefficient (Wildman–Crippen LogP) is 1.73. The van der Waals surface area contributed by atoms with E-state index in [0.717, 1.165) is 38.4 Å². The molecule has 6 heteroatoms. The lowest BCUT2D eigenvalue weighted by Gasteiger charge is -2.34. The molecule has 116 valence electrons. The van der Waals surface area contributed by atoms with Crippen LogP contribution in [0.2, 0.25) is 0 Å². The maximum absolute atomic E-state index is 11.0. The number of esters is 1. The van der Waals surface area contributed by atoms with Crippen LogP contribution in [0.15, 0.2) is 4.99 Å². The number of methoxy groups -OCH3 is 1. The number of guanidine groups is 1. The fourth-order valence-corrected chi connectivity index (χ4v) is 3.37. The normalized spacial score (nSPS) is 19.9. The van der Waals surface area contributed by atoms with Crippen molar-refractivity contribution in [2.24, 2.45) is 4.99 Å². The molecule has 1 heterocycles. The second-order valence-electron chi connectivity index (χ2n) is 4.85. The fraction of sp³-hybridized carbons (Fsp3) is 0.857. The van der Waals surface area contributed by atoms with Crippen molar-refractivity contribution >= 4 is 23.7 Å². The van der Waals surface area contributed by atoms with Crippen molar-refractivity contribution in [1.29, 1.82) is 0 Å². The van der Waals surface area contributed by atoms with Crippen molar-refractivity contribution < 1.29 is 9.53 Å². The first-order valence-corrected chi connectivity index (χ1v) is 8.40. The maximum atomic E-state index is 11.0. The molecule has 1 fully saturated rings. The van der Waals surface area contributed by atoms with Crippen LogP contribution in [0.4, 0.5) is 0 Å². The van der Waals surface area contributed by atoms with Gasteiger partial charge in [0, 0.05) is 44.1 Å². The van der Waals surface area contributed by atoms with Crippen LogP contribution in [0.5, 0.6) is 0 Å². The first kappa shape index (κ1) is 17.1. The lowest BCUT2D eigenvalue weighted by Crippen LogP contribution is -2.48. The molecule has 0 aromatic rings. The van der Waals surface area contributed by atoms with E-state index < -0.39 is 0 Å². The van der Waals surface area contributed by atoms with E-state index in [1.807, 2.05) is 7.05 Å². The Kier molecular flexibility index (Phi) is 8.49. The van der Waals surface area contributed by atoms with E-state index >= 15 is 0 Å². The van der Waals surface area contributed by atoms with Crippen LogP contribution in [0.3, 0.4) is 0 Å². The lowest BCUT2D eigenvalue weighted by molar-refractivity contribution is -0.140. The van der Waals surface area contributed by atoms with Crippen molar-refractivity contribution in [3.63, 3.8) is 0 Å². The van der Waals surface area contributed by atoms with Gasteiger partial charge in [0.05, 0.1) is 7.11 Å². The number of hydrogen-bond donors (Lipinski definition) is 1. The van der Waals surface area contributed by atoms with E-state index in [1.54, 1.807) is 0 Å². The molecule has 20 heavy (non-hydrogen) atoms. The minimum Gasteiger partial charge on any atom is -0.469 e. The number of nitrogens with one attached hydrogen (secondary N) is 1. The molecule has 0 radical (unpaired) electrons. The zero-order chi connectivity index (χ0) is 14.8. The van der Waals surface area contributed by atoms with Gasteiger partial charge in [0.1, 0.15) is 0 Å². The van der Waals surface area contributed by atoms with Gasteiger partial charge in [-0.05, 0) is 19.3 Å². The molecule has 0 spiro atoms. The Labute approximate surface area is 126 Å². The van der Waals surface area contributed by atoms with E-state index in [4.69, 9.17) is 0 Å². The molecule has 0 saturated carbocycles. The summed E-state index contributed by atoms with van der Waals surface area (Å²) in [7, 11) is 3.26. The van der Waals surface area contributed by atoms with E-state index in [2.05, 4.69) is 38.6 Å². The molecular formula is C14H27N3O2S. The van der Waals surface area contributed by atoms with Crippen LogP contribution in [0.1, 0.15) is 32.6 Å². The van der Waals surface area contributed by atoms with Gasteiger partial charge in [0.2, 0.25) is 0 Å². The van der Waals surface area contributed by atoms with Gasteiger partial charge in [-0.3, -0.25) is 9.79 Å². The summed E-state index contributed by atoms with van der Waals surface area (Å²) in [6, 6.07) is 0. The number of aliphatic imine (C=N–C) groups is 1. The Balaban J connectivity index is 2.24. The summed E-state index contributed by atoms with van der Waals surface area (Å²) in [6.07, 6.45) is 3.50. The maximum Gasteiger partial charge on any atom is 0.305 e. The van der Waals surface area contributed by atoms with Crippen LogP contribution < -0.4 is 5.32 Å². The summed E-state index contributed by atoms with van der Waals surface area (Å²) < 4.78 is 4.62. The highest BCUT2D eigenvalue weighted by Gasteiger charge is 2.21. The van der Waals surface area contributed by atoms with Gasteiger partial charge in [-0.15, -0.1) is 0 Å². The van der Waals surface area contributed by atoms with Crippen LogP contribution in [0.25, 0.3) is 0 Å². The van der Waals surface area contributed by atoms with Crippen LogP contribution in [-0.2, 0) is 9.53 Å². The topological polar surface area (TPSA) is 53.9 Å². The quantitative estimate of drug-likeness (QED) is 0.350. The molecule has 0 aromatic carbocycles. The Morgan fingerprint density at radius 1 is 1.50 bits per heavy atom. The predicted molar refractivity (Wildman–Crippen MR) is 85.3 cm³/mol. The molecule has 1 N–H and O–H groups in total. The molecule has 1 rings (SSSR count). The van der Waals surface area contributed by atoms with Crippen LogP contribution in [-0.4, -0.2) is 61.6 Å². The zero-order valence-electron chi connectivity index (χ0n) is 12.9. The lowest BCUT2D eigenvalue weighted by atomic mass is 10.2. The summed E-state index contributed by atoms with van der Waals surface area (Å²) in [6.45, 7) is 5.22. The van der Waals surface area contributed by atoms with Crippen molar-refractivity contribution in [3.8, 4) is 0 Å². The van der Waals surface area contributed by atoms with E-state index in [1.165, 1.54) is 19.3 Å². The Hall–Kier alpha value is -0.910. The first-order chi connectivity index (χ1) is 9.71. The number of ether oxygens (including phenoxy) is 1. The van der Waals surface area contributed by atoms with Gasteiger partial charge in [-0.1, -0.05) is 6.92 Å². The summed E-state index contributed by atoms with van der Waals surface area (Å²) in [4.78, 5) is 17.7. The van der Waals surface area contributed by atoms with E-state index in [9.17, 15) is 4.79 Å². The van der Waals surface area contributed by atoms with Crippen molar-refractivity contribution in [1.82, 2.24) is 10.2 Å². The molecule has 1 aliphatic heterocycles. The van der Waals surface area contributed by atoms with Gasteiger partial charge in [-0.25, -0.2) is 0 Å². The van der Waals surface area contributed by atoms with E-state index in [0.29, 0.717) is 11.7 Å². The van der Waals surface area contributed by atoms with Crippen molar-refractivity contribution in [2.75, 3.05) is 39.5 Å². The Bertz CT molecular complexity index is 324. The van der Waals surface area contributed by atoms with Gasteiger partial charge >= 0.3 is 5.97 Å². The number of carbonyl (C=O) groups excluding carboxylic acids is 1. The molecule has 0 aliphatic carbocycles. The minimum atomic E-state index is -0.131. The average molecular weight is 301 g/mol. The number of nitrogens with zero attached hydrogens (tertiary/aromatic N) is 2. The SMILES string of the molecule is CCC1CN(C(=NC)NCCCCC(=O)OC)CCS1. The molecule has 1 unspecified atom stereocenters. The number of rotatable bonds is 6. The summed E-state index contributed by atoms with van der Waals surface area (Å²) in [5.74, 6) is 2.02. The molecule has 0 bridgehead atoms. The third kappa shape index (κ3) is 6.03. The van der Waals surface area contributed by atoms with Gasteiger partial charge in [0.15, 0.2) is 5.96 Å². The largest absolute Gasteiger partial charge is 0.469 e. The van der Waals surface area contributed by atoms with Crippen molar-refractivity contribution in [3.05, 3.63) is 0 Å². The second kappa shape index (κ2) is 9.91. The van der Waals surface area contributed by atoms with Crippen molar-refractivity contribution in [2.45, 2.75) is 37.9 Å². The van der Waals surface area contributed by atoms with Crippen LogP contribution >= 0.6 is 11.8 Å². The van der Waals surface area contributed by atoms with E-state index in [-0.39, 0.29) is 5.97 Å². The Morgan fingerprint density at radius 2 is 2.30 bits per heavy atom. The fourth-order valence-electron chi connectivity index (χ4n) is 2.19. The third-order valence-electron chi connectivity index (χ3n) is 3.42. The number of hydrogen-bond acceptors (Lipinski definition) is 4. The average Bonchev–Trinajstić information content (AvgIpc) is 2.50. The zero-order valence-corrected chi connectivity index (χ0v) is 13.7. The minimum absolute atomic E-state index is 0.131. The van der Waals surface area contributed by atoms with Gasteiger partial charge in [-0.2, -0.15) is 11.8 Å². The summed E-state index contributed by atoms with van der Waals surface area (Å²) >= 11 is 2.06. The molecular weight excluding hydrogens is 274 g/mol. The highest BCUT2D eigenvalue weighted by Crippen LogP contribution is 2.20. The third-order valence-corrected chi connectivity index (χ3v) is 4.80. The highest BCUT2D eigenvalue weighted by atomic mass is 32.2. The van der Waals surface area contributed by atoms with Gasteiger partial charge < -0.3 is 15.0 Å². The smallest absolute Gasteiger partial charge is 0.305 e. The monoisotopic (exact) mass is 301 g/mol.